The Bertz CT molecular complexity index is 619. The molecule has 0 aliphatic heterocycles. The number of benzene rings is 2. The molecule has 1 nitrogen and oxygen atoms in total. The van der Waals surface area contributed by atoms with Crippen LogP contribution < -0.4 is 5.73 Å². The first-order chi connectivity index (χ1) is 9.45. The Labute approximate surface area is 129 Å². The van der Waals surface area contributed by atoms with Crippen LogP contribution in [0.4, 0.5) is 8.78 Å². The third-order valence-electron chi connectivity index (χ3n) is 2.99. The van der Waals surface area contributed by atoms with Crippen molar-refractivity contribution in [1.82, 2.24) is 0 Å². The van der Waals surface area contributed by atoms with Crippen molar-refractivity contribution in [3.05, 3.63) is 68.7 Å². The summed E-state index contributed by atoms with van der Waals surface area (Å²) < 4.78 is 27.4. The molecular formula is C15H13BrClF2N. The van der Waals surface area contributed by atoms with Crippen molar-refractivity contribution in [2.45, 2.75) is 18.9 Å². The number of nitrogens with two attached hydrogens (primary N) is 1. The average Bonchev–Trinajstić information content (AvgIpc) is 2.37. The molecule has 0 radical (unpaired) electrons. The van der Waals surface area contributed by atoms with E-state index in [0.29, 0.717) is 23.4 Å². The summed E-state index contributed by atoms with van der Waals surface area (Å²) in [4.78, 5) is 0. The molecule has 0 amide bonds. The van der Waals surface area contributed by atoms with Gasteiger partial charge in [-0.05, 0) is 54.3 Å². The molecule has 0 spiro atoms. The van der Waals surface area contributed by atoms with Crippen LogP contribution in [-0.2, 0) is 12.8 Å². The van der Waals surface area contributed by atoms with Gasteiger partial charge in [0.25, 0.3) is 0 Å². The van der Waals surface area contributed by atoms with E-state index < -0.39 is 0 Å². The molecule has 1 unspecified atom stereocenters. The minimum atomic E-state index is -0.384. The van der Waals surface area contributed by atoms with Crippen LogP contribution in [0.15, 0.2) is 40.9 Å². The second-order valence-corrected chi connectivity index (χ2v) is 5.96. The Hall–Kier alpha value is -0.970. The number of hydrogen-bond acceptors (Lipinski definition) is 1. The van der Waals surface area contributed by atoms with E-state index in [-0.39, 0.29) is 17.7 Å². The standard InChI is InChI=1S/C15H13BrClF2N/c16-11-2-4-15(19)10(5-11)7-13(20)6-9-1-3-12(18)8-14(9)17/h1-5,8,13H,6-7,20H2. The monoisotopic (exact) mass is 359 g/mol. The lowest BCUT2D eigenvalue weighted by atomic mass is 9.99. The summed E-state index contributed by atoms with van der Waals surface area (Å²) in [7, 11) is 0. The molecule has 2 aromatic rings. The zero-order chi connectivity index (χ0) is 14.7. The fourth-order valence-corrected chi connectivity index (χ4v) is 2.68. The summed E-state index contributed by atoms with van der Waals surface area (Å²) in [6.45, 7) is 0. The first kappa shape index (κ1) is 15.4. The van der Waals surface area contributed by atoms with Gasteiger partial charge in [0.2, 0.25) is 0 Å². The van der Waals surface area contributed by atoms with E-state index in [1.165, 1.54) is 18.2 Å². The van der Waals surface area contributed by atoms with E-state index >= 15 is 0 Å². The van der Waals surface area contributed by atoms with Gasteiger partial charge >= 0.3 is 0 Å². The maximum Gasteiger partial charge on any atom is 0.126 e. The summed E-state index contributed by atoms with van der Waals surface area (Å²) in [5.41, 5.74) is 7.34. The molecule has 106 valence electrons. The highest BCUT2D eigenvalue weighted by atomic mass is 79.9. The van der Waals surface area contributed by atoms with E-state index in [2.05, 4.69) is 15.9 Å². The molecule has 0 fully saturated rings. The number of rotatable bonds is 4. The maximum absolute atomic E-state index is 13.6. The van der Waals surface area contributed by atoms with Gasteiger partial charge in [-0.3, -0.25) is 0 Å². The van der Waals surface area contributed by atoms with Gasteiger partial charge in [0.1, 0.15) is 11.6 Å². The van der Waals surface area contributed by atoms with Gasteiger partial charge in [-0.1, -0.05) is 33.6 Å². The van der Waals surface area contributed by atoms with Gasteiger partial charge in [-0.2, -0.15) is 0 Å². The fraction of sp³-hybridized carbons (Fsp3) is 0.200. The van der Waals surface area contributed by atoms with Crippen molar-refractivity contribution in [1.29, 1.82) is 0 Å². The van der Waals surface area contributed by atoms with Crippen LogP contribution in [0.25, 0.3) is 0 Å². The molecule has 1 atom stereocenters. The summed E-state index contributed by atoms with van der Waals surface area (Å²) >= 11 is 9.26. The highest BCUT2D eigenvalue weighted by Crippen LogP contribution is 2.21. The molecule has 0 bridgehead atoms. The Balaban J connectivity index is 2.08. The summed E-state index contributed by atoms with van der Waals surface area (Å²) in [5.74, 6) is -0.667. The Morgan fingerprint density at radius 2 is 1.75 bits per heavy atom. The first-order valence-electron chi connectivity index (χ1n) is 6.09. The van der Waals surface area contributed by atoms with Crippen molar-refractivity contribution < 1.29 is 8.78 Å². The van der Waals surface area contributed by atoms with Gasteiger partial charge < -0.3 is 5.73 Å². The molecule has 0 aliphatic rings. The van der Waals surface area contributed by atoms with E-state index in [4.69, 9.17) is 17.3 Å². The van der Waals surface area contributed by atoms with Crippen molar-refractivity contribution in [3.63, 3.8) is 0 Å². The minimum Gasteiger partial charge on any atom is -0.327 e. The molecule has 0 saturated carbocycles. The highest BCUT2D eigenvalue weighted by molar-refractivity contribution is 9.10. The molecule has 20 heavy (non-hydrogen) atoms. The van der Waals surface area contributed by atoms with Crippen molar-refractivity contribution in [2.75, 3.05) is 0 Å². The molecular weight excluding hydrogens is 348 g/mol. The van der Waals surface area contributed by atoms with Crippen LogP contribution in [0.3, 0.4) is 0 Å². The van der Waals surface area contributed by atoms with Crippen molar-refractivity contribution >= 4 is 27.5 Å². The lowest BCUT2D eigenvalue weighted by Gasteiger charge is -2.14. The zero-order valence-electron chi connectivity index (χ0n) is 10.5. The Kier molecular flexibility index (Phi) is 5.13. The maximum atomic E-state index is 13.6. The lowest BCUT2D eigenvalue weighted by molar-refractivity contribution is 0.583. The second kappa shape index (κ2) is 6.66. The van der Waals surface area contributed by atoms with E-state index in [0.717, 1.165) is 10.0 Å². The second-order valence-electron chi connectivity index (χ2n) is 4.64. The van der Waals surface area contributed by atoms with Crippen molar-refractivity contribution in [2.24, 2.45) is 5.73 Å². The van der Waals surface area contributed by atoms with Gasteiger partial charge in [0.15, 0.2) is 0 Å². The Morgan fingerprint density at radius 3 is 2.45 bits per heavy atom. The zero-order valence-corrected chi connectivity index (χ0v) is 12.9. The van der Waals surface area contributed by atoms with Crippen molar-refractivity contribution in [3.8, 4) is 0 Å². The SMILES string of the molecule is NC(Cc1cc(Br)ccc1F)Cc1ccc(F)cc1Cl. The molecule has 0 heterocycles. The van der Waals surface area contributed by atoms with Gasteiger partial charge in [-0.15, -0.1) is 0 Å². The van der Waals surface area contributed by atoms with Crippen LogP contribution in [-0.4, -0.2) is 6.04 Å². The predicted molar refractivity (Wildman–Crippen MR) is 80.9 cm³/mol. The summed E-state index contributed by atoms with van der Waals surface area (Å²) in [6, 6.07) is 8.66. The minimum absolute atomic E-state index is 0.283. The van der Waals surface area contributed by atoms with Gasteiger partial charge in [-0.25, -0.2) is 8.78 Å². The van der Waals surface area contributed by atoms with Gasteiger partial charge in [0, 0.05) is 15.5 Å². The normalized spacial score (nSPS) is 12.4. The van der Waals surface area contributed by atoms with Gasteiger partial charge in [0.05, 0.1) is 0 Å². The Morgan fingerprint density at radius 1 is 1.05 bits per heavy atom. The summed E-state index contributed by atoms with van der Waals surface area (Å²) in [6.07, 6.45) is 0.851. The molecule has 2 N–H and O–H groups in total. The topological polar surface area (TPSA) is 26.0 Å². The highest BCUT2D eigenvalue weighted by Gasteiger charge is 2.12. The lowest BCUT2D eigenvalue weighted by Crippen LogP contribution is -2.26. The molecule has 0 aromatic heterocycles. The smallest absolute Gasteiger partial charge is 0.126 e. The summed E-state index contributed by atoms with van der Waals surface area (Å²) in [5, 5.41) is 0.343. The average molecular weight is 361 g/mol. The van der Waals surface area contributed by atoms with Crippen LogP contribution >= 0.6 is 27.5 Å². The quantitative estimate of drug-likeness (QED) is 0.854. The molecule has 2 aromatic carbocycles. The van der Waals surface area contributed by atoms with E-state index in [1.807, 2.05) is 0 Å². The van der Waals surface area contributed by atoms with E-state index in [9.17, 15) is 8.78 Å². The molecule has 5 heteroatoms. The largest absolute Gasteiger partial charge is 0.327 e. The predicted octanol–water partition coefficient (Wildman–Crippen LogP) is 4.49. The third kappa shape index (κ3) is 4.01. The third-order valence-corrected chi connectivity index (χ3v) is 3.83. The molecule has 2 rings (SSSR count). The van der Waals surface area contributed by atoms with Crippen LogP contribution in [0.5, 0.6) is 0 Å². The van der Waals surface area contributed by atoms with Crippen LogP contribution in [0.2, 0.25) is 5.02 Å². The number of hydrogen-bond donors (Lipinski definition) is 1. The van der Waals surface area contributed by atoms with Crippen LogP contribution in [0, 0.1) is 11.6 Å². The number of halogens is 4. The molecule has 0 aliphatic carbocycles. The van der Waals surface area contributed by atoms with E-state index in [1.54, 1.807) is 18.2 Å². The van der Waals surface area contributed by atoms with Crippen LogP contribution in [0.1, 0.15) is 11.1 Å². The first-order valence-corrected chi connectivity index (χ1v) is 7.26. The fourth-order valence-electron chi connectivity index (χ4n) is 2.02. The molecule has 0 saturated heterocycles.